The van der Waals surface area contributed by atoms with Crippen molar-refractivity contribution in [3.63, 3.8) is 0 Å². The van der Waals surface area contributed by atoms with Gasteiger partial charge in [-0.3, -0.25) is 0 Å². The topological polar surface area (TPSA) is 42.9 Å². The third kappa shape index (κ3) is 1.74. The van der Waals surface area contributed by atoms with E-state index in [4.69, 9.17) is 11.6 Å². The molecule has 0 aliphatic heterocycles. The summed E-state index contributed by atoms with van der Waals surface area (Å²) in [5.74, 6) is 0. The van der Waals surface area contributed by atoms with Crippen LogP contribution in [0.3, 0.4) is 0 Å². The van der Waals surface area contributed by atoms with E-state index < -0.39 is 27.3 Å². The molecule has 0 radical (unpaired) electrons. The van der Waals surface area contributed by atoms with E-state index in [1.54, 1.807) is 0 Å². The van der Waals surface area contributed by atoms with Crippen LogP contribution in [0.2, 0.25) is 4.47 Å². The molecule has 0 amide bonds. The molecule has 0 aromatic carbocycles. The molecule has 0 aliphatic carbocycles. The first-order chi connectivity index (χ1) is 5.16. The van der Waals surface area contributed by atoms with Crippen LogP contribution in [0.1, 0.15) is 0 Å². The molecular formula is C4H5ClFN2OS2+. The first kappa shape index (κ1) is 9.02. The molecule has 0 N–H and O–H groups in total. The van der Waals surface area contributed by atoms with Gasteiger partial charge in [0.05, 0.1) is 10.5 Å². The van der Waals surface area contributed by atoms with Crippen molar-refractivity contribution in [2.75, 3.05) is 6.26 Å². The molecular weight excluding hydrogens is 211 g/mol. The number of alkyl halides is 1. The van der Waals surface area contributed by atoms with Gasteiger partial charge in [0.1, 0.15) is 10.8 Å². The maximum Gasteiger partial charge on any atom is 0.361 e. The van der Waals surface area contributed by atoms with Crippen molar-refractivity contribution in [2.24, 2.45) is 0 Å². The van der Waals surface area contributed by atoms with Gasteiger partial charge in [0.25, 0.3) is 6.01 Å². The van der Waals surface area contributed by atoms with Gasteiger partial charge < -0.3 is 0 Å². The van der Waals surface area contributed by atoms with Crippen molar-refractivity contribution >= 4 is 32.9 Å². The first-order valence-corrected chi connectivity index (χ1v) is 5.91. The fourth-order valence-electron chi connectivity index (χ4n) is 0.542. The smallest absolute Gasteiger partial charge is 0.248 e. The lowest BCUT2D eigenvalue weighted by Crippen LogP contribution is -1.86. The van der Waals surface area contributed by atoms with E-state index in [1.807, 2.05) is 0 Å². The van der Waals surface area contributed by atoms with Gasteiger partial charge in [0.2, 0.25) is 0 Å². The fraction of sp³-hybridized carbons (Fsp3) is 0.500. The minimum Gasteiger partial charge on any atom is -0.248 e. The van der Waals surface area contributed by atoms with Crippen LogP contribution in [0, 0.1) is 0 Å². The third-order valence-electron chi connectivity index (χ3n) is 0.979. The van der Waals surface area contributed by atoms with Crippen molar-refractivity contribution in [1.29, 1.82) is 0 Å². The highest BCUT2D eigenvalue weighted by molar-refractivity contribution is 7.87. The standard InChI is InChI=1S/C4H5ClFN2OS2/c1-10(9)4-8-7-3(5)11(4)2-6/h2H2,1H3/q+1. The Labute approximate surface area is 73.0 Å². The molecule has 2 unspecified atom stereocenters. The second-order valence-corrected chi connectivity index (χ2v) is 5.58. The van der Waals surface area contributed by atoms with Crippen LogP contribution in [0.4, 0.5) is 4.39 Å². The Morgan fingerprint density at radius 3 is 2.73 bits per heavy atom. The third-order valence-corrected chi connectivity index (χ3v) is 4.70. The second kappa shape index (κ2) is 3.55. The number of halogens is 2. The maximum absolute atomic E-state index is 12.2. The number of nitrogens with zero attached hydrogens (tertiary/aromatic N) is 2. The van der Waals surface area contributed by atoms with Gasteiger partial charge in [-0.25, -0.2) is 4.21 Å². The predicted octanol–water partition coefficient (Wildman–Crippen LogP) is 1.54. The van der Waals surface area contributed by atoms with Crippen LogP contribution < -0.4 is 0 Å². The average Bonchev–Trinajstić information content (AvgIpc) is 2.30. The van der Waals surface area contributed by atoms with Gasteiger partial charge in [-0.05, 0) is 0 Å². The van der Waals surface area contributed by atoms with Gasteiger partial charge in [0.15, 0.2) is 0 Å². The lowest BCUT2D eigenvalue weighted by atomic mass is 11.6. The van der Waals surface area contributed by atoms with Crippen molar-refractivity contribution < 1.29 is 8.60 Å². The van der Waals surface area contributed by atoms with Gasteiger partial charge in [0, 0.05) is 17.9 Å². The molecule has 0 spiro atoms. The normalized spacial score (nSPS) is 15.0. The number of hydrogen-bond acceptors (Lipinski definition) is 3. The quantitative estimate of drug-likeness (QED) is 0.703. The summed E-state index contributed by atoms with van der Waals surface area (Å²) in [6.07, 6.45) is 1.43. The minimum atomic E-state index is -1.27. The summed E-state index contributed by atoms with van der Waals surface area (Å²) < 4.78 is 23.4. The van der Waals surface area contributed by atoms with Crippen LogP contribution in [-0.2, 0) is 16.8 Å². The molecule has 1 rings (SSSR count). The Hall–Kier alpha value is -0.0700. The SMILES string of the molecule is CS(=O)c1nnc(Cl)[s+]1CF. The number of hydrogen-bond donors (Lipinski definition) is 0. The molecule has 1 heterocycles. The van der Waals surface area contributed by atoms with E-state index in [-0.39, 0.29) is 8.81 Å². The lowest BCUT2D eigenvalue weighted by molar-refractivity contribution is 0.541. The summed E-state index contributed by atoms with van der Waals surface area (Å²) in [4.78, 5) is 0. The van der Waals surface area contributed by atoms with E-state index in [1.165, 1.54) is 6.26 Å². The molecule has 1 aromatic heterocycles. The Balaban J connectivity index is 3.15. The van der Waals surface area contributed by atoms with E-state index in [0.717, 1.165) is 0 Å². The van der Waals surface area contributed by atoms with Gasteiger partial charge >= 0.3 is 8.81 Å². The molecule has 0 aliphatic rings. The molecule has 3 nitrogen and oxygen atoms in total. The maximum atomic E-state index is 12.2. The summed E-state index contributed by atoms with van der Waals surface area (Å²) in [7, 11) is -2.22. The van der Waals surface area contributed by atoms with E-state index in [0.29, 0.717) is 0 Å². The Morgan fingerprint density at radius 1 is 1.73 bits per heavy atom. The second-order valence-electron chi connectivity index (χ2n) is 1.67. The summed E-state index contributed by atoms with van der Waals surface area (Å²) in [6.45, 7) is 0. The van der Waals surface area contributed by atoms with Crippen LogP contribution in [0.25, 0.3) is 0 Å². The van der Waals surface area contributed by atoms with Crippen LogP contribution >= 0.6 is 22.1 Å². The van der Waals surface area contributed by atoms with Gasteiger partial charge in [-0.2, -0.15) is 4.39 Å². The van der Waals surface area contributed by atoms with Crippen LogP contribution in [0.5, 0.6) is 0 Å². The lowest BCUT2D eigenvalue weighted by Gasteiger charge is -1.81. The highest BCUT2D eigenvalue weighted by Gasteiger charge is 2.25. The zero-order valence-corrected chi connectivity index (χ0v) is 7.97. The minimum absolute atomic E-state index is 0.109. The Kier molecular flexibility index (Phi) is 2.91. The van der Waals surface area contributed by atoms with Crippen LogP contribution in [0.15, 0.2) is 4.34 Å². The van der Waals surface area contributed by atoms with Crippen molar-refractivity contribution in [1.82, 2.24) is 10.2 Å². The molecule has 1 aromatic rings. The monoisotopic (exact) mass is 215 g/mol. The molecule has 2 atom stereocenters. The molecule has 0 saturated heterocycles. The zero-order valence-electron chi connectivity index (χ0n) is 5.58. The molecule has 0 saturated carbocycles. The summed E-state index contributed by atoms with van der Waals surface area (Å²) in [5.41, 5.74) is 0. The summed E-state index contributed by atoms with van der Waals surface area (Å²) in [6, 6.07) is -0.666. The highest BCUT2D eigenvalue weighted by atomic mass is 35.5. The average molecular weight is 216 g/mol. The fourth-order valence-corrected chi connectivity index (χ4v) is 3.33. The van der Waals surface area contributed by atoms with Crippen molar-refractivity contribution in [3.05, 3.63) is 4.47 Å². The first-order valence-electron chi connectivity index (χ1n) is 2.58. The number of rotatable bonds is 2. The Morgan fingerprint density at radius 2 is 2.36 bits per heavy atom. The van der Waals surface area contributed by atoms with E-state index >= 15 is 0 Å². The van der Waals surface area contributed by atoms with E-state index in [2.05, 4.69) is 10.2 Å². The van der Waals surface area contributed by atoms with Gasteiger partial charge in [-0.15, -0.1) is 0 Å². The van der Waals surface area contributed by atoms with Gasteiger partial charge in [-0.1, -0.05) is 10.2 Å². The molecule has 0 fully saturated rings. The van der Waals surface area contributed by atoms with E-state index in [9.17, 15) is 8.60 Å². The summed E-state index contributed by atoms with van der Waals surface area (Å²) in [5, 5.41) is 6.95. The summed E-state index contributed by atoms with van der Waals surface area (Å²) >= 11 is 5.49. The predicted molar refractivity (Wildman–Crippen MR) is 43.0 cm³/mol. The zero-order chi connectivity index (χ0) is 8.43. The van der Waals surface area contributed by atoms with Crippen molar-refractivity contribution in [2.45, 2.75) is 10.3 Å². The number of aromatic nitrogens is 2. The molecule has 11 heavy (non-hydrogen) atoms. The van der Waals surface area contributed by atoms with Crippen molar-refractivity contribution in [3.8, 4) is 0 Å². The molecule has 7 heteroatoms. The highest BCUT2D eigenvalue weighted by Crippen LogP contribution is 2.33. The Bertz CT molecular complexity index is 290. The molecule has 0 bridgehead atoms. The largest absolute Gasteiger partial charge is 0.361 e. The van der Waals surface area contributed by atoms with Crippen LogP contribution in [-0.4, -0.2) is 20.7 Å². The molecule has 62 valence electrons.